The molecule has 8 heteroatoms. The molecule has 0 saturated carbocycles. The Morgan fingerprint density at radius 2 is 1.81 bits per heavy atom. The second-order valence-electron chi connectivity index (χ2n) is 6.03. The highest BCUT2D eigenvalue weighted by molar-refractivity contribution is 6.39. The second kappa shape index (κ2) is 8.26. The third-order valence-corrected chi connectivity index (χ3v) is 4.66. The molecule has 0 bridgehead atoms. The van der Waals surface area contributed by atoms with E-state index in [1.165, 1.54) is 24.1 Å². The summed E-state index contributed by atoms with van der Waals surface area (Å²) in [5.74, 6) is -1.19. The van der Waals surface area contributed by atoms with Crippen LogP contribution in [-0.4, -0.2) is 50.0 Å². The molecule has 1 saturated heterocycles. The first-order valence-corrected chi connectivity index (χ1v) is 8.80. The van der Waals surface area contributed by atoms with Gasteiger partial charge in [0.05, 0.1) is 17.8 Å². The summed E-state index contributed by atoms with van der Waals surface area (Å²) in [6.07, 6.45) is 0. The van der Waals surface area contributed by atoms with Crippen LogP contribution >= 0.6 is 11.6 Å². The molecular formula is C19H19ClFN3O3. The molecule has 0 atom stereocenters. The molecule has 2 aromatic rings. The Morgan fingerprint density at radius 3 is 2.44 bits per heavy atom. The molecule has 6 nitrogen and oxygen atoms in total. The maximum Gasteiger partial charge on any atom is 0.313 e. The zero-order valence-corrected chi connectivity index (χ0v) is 15.5. The van der Waals surface area contributed by atoms with E-state index in [0.29, 0.717) is 48.3 Å². The highest BCUT2D eigenvalue weighted by Crippen LogP contribution is 2.27. The number of carbonyl (C=O) groups is 2. The van der Waals surface area contributed by atoms with Crippen molar-refractivity contribution in [2.45, 2.75) is 0 Å². The largest absolute Gasteiger partial charge is 0.495 e. The molecule has 0 spiro atoms. The zero-order chi connectivity index (χ0) is 19.4. The molecule has 1 fully saturated rings. The molecule has 1 heterocycles. The number of rotatable bonds is 3. The van der Waals surface area contributed by atoms with Crippen LogP contribution in [0.25, 0.3) is 0 Å². The molecule has 1 N–H and O–H groups in total. The van der Waals surface area contributed by atoms with Crippen LogP contribution in [0.2, 0.25) is 5.02 Å². The summed E-state index contributed by atoms with van der Waals surface area (Å²) in [6, 6.07) is 11.2. The van der Waals surface area contributed by atoms with Crippen molar-refractivity contribution in [2.24, 2.45) is 0 Å². The van der Waals surface area contributed by atoms with E-state index in [9.17, 15) is 14.0 Å². The van der Waals surface area contributed by atoms with E-state index in [2.05, 4.69) is 5.32 Å². The van der Waals surface area contributed by atoms with E-state index in [-0.39, 0.29) is 5.82 Å². The number of para-hydroxylation sites is 1. The van der Waals surface area contributed by atoms with Gasteiger partial charge < -0.3 is 19.9 Å². The number of halogens is 2. The number of hydrogen-bond acceptors (Lipinski definition) is 4. The summed E-state index contributed by atoms with van der Waals surface area (Å²) in [4.78, 5) is 27.9. The predicted octanol–water partition coefficient (Wildman–Crippen LogP) is 2.78. The monoisotopic (exact) mass is 391 g/mol. The van der Waals surface area contributed by atoms with Crippen LogP contribution in [-0.2, 0) is 9.59 Å². The maximum atomic E-state index is 13.9. The van der Waals surface area contributed by atoms with E-state index >= 15 is 0 Å². The minimum Gasteiger partial charge on any atom is -0.495 e. The molecule has 0 aromatic heterocycles. The van der Waals surface area contributed by atoms with Crippen LogP contribution in [0.3, 0.4) is 0 Å². The molecule has 0 aliphatic carbocycles. The lowest BCUT2D eigenvalue weighted by Crippen LogP contribution is -2.51. The van der Waals surface area contributed by atoms with E-state index < -0.39 is 11.8 Å². The highest BCUT2D eigenvalue weighted by atomic mass is 35.5. The molecule has 2 amide bonds. The Balaban J connectivity index is 1.58. The number of nitrogens with one attached hydrogen (secondary N) is 1. The minimum atomic E-state index is -0.740. The van der Waals surface area contributed by atoms with E-state index in [4.69, 9.17) is 16.3 Å². The second-order valence-corrected chi connectivity index (χ2v) is 6.44. The quantitative estimate of drug-likeness (QED) is 0.817. The van der Waals surface area contributed by atoms with Crippen molar-refractivity contribution < 1.29 is 18.7 Å². The minimum absolute atomic E-state index is 0.300. The third-order valence-electron chi connectivity index (χ3n) is 4.36. The van der Waals surface area contributed by atoms with Crippen LogP contribution in [0, 0.1) is 5.82 Å². The van der Waals surface area contributed by atoms with E-state index in [0.717, 1.165) is 0 Å². The summed E-state index contributed by atoms with van der Waals surface area (Å²) in [5.41, 5.74) is 0.908. The van der Waals surface area contributed by atoms with Gasteiger partial charge in [0, 0.05) is 31.9 Å². The van der Waals surface area contributed by atoms with Gasteiger partial charge >= 0.3 is 11.8 Å². The van der Waals surface area contributed by atoms with E-state index in [1.807, 2.05) is 4.90 Å². The van der Waals surface area contributed by atoms with Crippen molar-refractivity contribution in [1.29, 1.82) is 0 Å². The van der Waals surface area contributed by atoms with Gasteiger partial charge in [-0.05, 0) is 30.3 Å². The number of nitrogens with zero attached hydrogens (tertiary/aromatic N) is 2. The first-order chi connectivity index (χ1) is 13.0. The Kier molecular flexibility index (Phi) is 5.81. The SMILES string of the molecule is COc1ccc(NC(=O)C(=O)N2CCN(c3ccccc3F)CC2)cc1Cl. The van der Waals surface area contributed by atoms with Crippen molar-refractivity contribution in [3.8, 4) is 5.75 Å². The fraction of sp³-hybridized carbons (Fsp3) is 0.263. The molecule has 0 radical (unpaired) electrons. The van der Waals surface area contributed by atoms with Gasteiger partial charge in [0.1, 0.15) is 11.6 Å². The van der Waals surface area contributed by atoms with Crippen molar-refractivity contribution >= 4 is 34.8 Å². The fourth-order valence-corrected chi connectivity index (χ4v) is 3.19. The van der Waals surface area contributed by atoms with Gasteiger partial charge in [-0.2, -0.15) is 0 Å². The molecule has 3 rings (SSSR count). The van der Waals surface area contributed by atoms with Crippen LogP contribution in [0.5, 0.6) is 5.75 Å². The van der Waals surface area contributed by atoms with Gasteiger partial charge in [0.2, 0.25) is 0 Å². The number of hydrogen-bond donors (Lipinski definition) is 1. The Bertz CT molecular complexity index is 854. The summed E-state index contributed by atoms with van der Waals surface area (Å²) >= 11 is 6.02. The van der Waals surface area contributed by atoms with Crippen molar-refractivity contribution in [1.82, 2.24) is 4.90 Å². The average molecular weight is 392 g/mol. The smallest absolute Gasteiger partial charge is 0.313 e. The number of ether oxygens (including phenoxy) is 1. The maximum absolute atomic E-state index is 13.9. The van der Waals surface area contributed by atoms with E-state index in [1.54, 1.807) is 30.3 Å². The molecule has 2 aromatic carbocycles. The first kappa shape index (κ1) is 19.0. The predicted molar refractivity (Wildman–Crippen MR) is 102 cm³/mol. The summed E-state index contributed by atoms with van der Waals surface area (Å²) in [5, 5.41) is 2.87. The third kappa shape index (κ3) is 4.31. The molecular weight excluding hydrogens is 373 g/mol. The Hall–Kier alpha value is -2.80. The standard InChI is InChI=1S/C19H19ClFN3O3/c1-27-17-7-6-13(12-14(17)20)22-18(25)19(26)24-10-8-23(9-11-24)16-5-3-2-4-15(16)21/h2-7,12H,8-11H2,1H3,(H,22,25). The molecule has 0 unspecified atom stereocenters. The highest BCUT2D eigenvalue weighted by Gasteiger charge is 2.27. The van der Waals surface area contributed by atoms with Gasteiger partial charge in [0.15, 0.2) is 0 Å². The zero-order valence-electron chi connectivity index (χ0n) is 14.7. The lowest BCUT2D eigenvalue weighted by atomic mass is 10.2. The van der Waals surface area contributed by atoms with Gasteiger partial charge in [-0.25, -0.2) is 4.39 Å². The fourth-order valence-electron chi connectivity index (χ4n) is 2.93. The van der Waals surface area contributed by atoms with Crippen LogP contribution < -0.4 is 15.0 Å². The van der Waals surface area contributed by atoms with Crippen LogP contribution in [0.15, 0.2) is 42.5 Å². The Labute approximate surface area is 161 Å². The lowest BCUT2D eigenvalue weighted by molar-refractivity contribution is -0.143. The van der Waals surface area contributed by atoms with Gasteiger partial charge in [0.25, 0.3) is 0 Å². The number of benzene rings is 2. The number of amides is 2. The molecule has 1 aliphatic heterocycles. The van der Waals surface area contributed by atoms with Gasteiger partial charge in [-0.1, -0.05) is 23.7 Å². The van der Waals surface area contributed by atoms with Crippen LogP contribution in [0.1, 0.15) is 0 Å². The average Bonchev–Trinajstić information content (AvgIpc) is 2.68. The molecule has 1 aliphatic rings. The number of piperazine rings is 1. The normalized spacial score (nSPS) is 14.0. The topological polar surface area (TPSA) is 61.9 Å². The number of methoxy groups -OCH3 is 1. The van der Waals surface area contributed by atoms with Crippen molar-refractivity contribution in [3.63, 3.8) is 0 Å². The lowest BCUT2D eigenvalue weighted by Gasteiger charge is -2.35. The van der Waals surface area contributed by atoms with Crippen molar-refractivity contribution in [3.05, 3.63) is 53.3 Å². The van der Waals surface area contributed by atoms with Crippen LogP contribution in [0.4, 0.5) is 15.8 Å². The van der Waals surface area contributed by atoms with Gasteiger partial charge in [-0.3, -0.25) is 9.59 Å². The van der Waals surface area contributed by atoms with Crippen molar-refractivity contribution in [2.75, 3.05) is 43.5 Å². The molecule has 142 valence electrons. The summed E-state index contributed by atoms with van der Waals surface area (Å²) < 4.78 is 18.9. The summed E-state index contributed by atoms with van der Waals surface area (Å²) in [6.45, 7) is 1.58. The summed E-state index contributed by atoms with van der Waals surface area (Å²) in [7, 11) is 1.49. The molecule has 27 heavy (non-hydrogen) atoms. The Morgan fingerprint density at radius 1 is 1.11 bits per heavy atom. The van der Waals surface area contributed by atoms with Gasteiger partial charge in [-0.15, -0.1) is 0 Å². The first-order valence-electron chi connectivity index (χ1n) is 8.43. The number of carbonyl (C=O) groups excluding carboxylic acids is 2. The number of anilines is 2.